The summed E-state index contributed by atoms with van der Waals surface area (Å²) in [6.45, 7) is 5.00. The summed E-state index contributed by atoms with van der Waals surface area (Å²) >= 11 is 6.01. The topological polar surface area (TPSA) is 55.1 Å². The summed E-state index contributed by atoms with van der Waals surface area (Å²) in [5.41, 5.74) is 3.39. The van der Waals surface area contributed by atoms with Crippen molar-refractivity contribution in [1.29, 1.82) is 0 Å². The second-order valence-corrected chi connectivity index (χ2v) is 7.65. The Morgan fingerprint density at radius 1 is 1.32 bits per heavy atom. The molecule has 4 nitrogen and oxygen atoms in total. The van der Waals surface area contributed by atoms with E-state index < -0.39 is 5.97 Å². The molecule has 1 N–H and O–H groups in total. The van der Waals surface area contributed by atoms with Crippen molar-refractivity contribution in [3.05, 3.63) is 52.1 Å². The molecule has 1 atom stereocenters. The highest BCUT2D eigenvalue weighted by Gasteiger charge is 2.28. The molecule has 25 heavy (non-hydrogen) atoms. The number of hydrogen-bond donors (Lipinski definition) is 1. The average Bonchev–Trinajstić information content (AvgIpc) is 2.79. The summed E-state index contributed by atoms with van der Waals surface area (Å²) in [6.07, 6.45) is 4.18. The molecule has 1 heterocycles. The molecular weight excluding hydrogens is 336 g/mol. The number of aliphatic carboxylic acids is 1. The number of aryl methyl sites for hydroxylation is 1. The van der Waals surface area contributed by atoms with Gasteiger partial charge in [0.15, 0.2) is 0 Å². The van der Waals surface area contributed by atoms with Gasteiger partial charge in [-0.15, -0.1) is 0 Å². The van der Waals surface area contributed by atoms with Gasteiger partial charge < -0.3 is 9.67 Å². The van der Waals surface area contributed by atoms with Crippen molar-refractivity contribution in [1.82, 2.24) is 9.55 Å². The van der Waals surface area contributed by atoms with Crippen LogP contribution in [0.15, 0.2) is 24.3 Å². The van der Waals surface area contributed by atoms with E-state index in [2.05, 4.69) is 18.4 Å². The molecule has 0 amide bonds. The third-order valence-corrected chi connectivity index (χ3v) is 5.16. The Bertz CT molecular complexity index is 750. The van der Waals surface area contributed by atoms with Gasteiger partial charge in [0, 0.05) is 29.1 Å². The average molecular weight is 361 g/mol. The quantitative estimate of drug-likeness (QED) is 0.764. The lowest BCUT2D eigenvalue weighted by atomic mass is 9.96. The minimum Gasteiger partial charge on any atom is -0.481 e. The van der Waals surface area contributed by atoms with Crippen molar-refractivity contribution in [3.63, 3.8) is 0 Å². The number of aromatic nitrogens is 2. The fourth-order valence-electron chi connectivity index (χ4n) is 3.78. The van der Waals surface area contributed by atoms with Gasteiger partial charge in [-0.25, -0.2) is 4.98 Å². The van der Waals surface area contributed by atoms with Crippen LogP contribution in [0.25, 0.3) is 0 Å². The van der Waals surface area contributed by atoms with Crippen molar-refractivity contribution < 1.29 is 9.90 Å². The number of benzene rings is 1. The molecule has 0 saturated carbocycles. The molecule has 1 aliphatic rings. The molecule has 0 radical (unpaired) electrons. The largest absolute Gasteiger partial charge is 0.481 e. The fourth-order valence-corrected chi connectivity index (χ4v) is 3.91. The zero-order chi connectivity index (χ0) is 18.0. The highest BCUT2D eigenvalue weighted by molar-refractivity contribution is 6.30. The monoisotopic (exact) mass is 360 g/mol. The van der Waals surface area contributed by atoms with Gasteiger partial charge in [0.2, 0.25) is 0 Å². The van der Waals surface area contributed by atoms with Crippen molar-refractivity contribution in [2.24, 2.45) is 0 Å². The minimum absolute atomic E-state index is 0.0438. The number of halogens is 1. The number of imidazole rings is 1. The number of hydrogen-bond acceptors (Lipinski definition) is 2. The van der Waals surface area contributed by atoms with Gasteiger partial charge in [-0.3, -0.25) is 4.79 Å². The third-order valence-electron chi connectivity index (χ3n) is 4.91. The van der Waals surface area contributed by atoms with E-state index in [9.17, 15) is 9.90 Å². The standard InChI is InChI=1S/C20H25ClN2O2/c1-13(2)20-22-17-6-4-3-5-15(11-18(24)25)19(17)23(20)12-14-7-9-16(21)10-8-14/h7-10,13,15H,3-6,11-12H2,1-2H3,(H,24,25). The predicted molar refractivity (Wildman–Crippen MR) is 99.4 cm³/mol. The molecule has 1 aromatic heterocycles. The van der Waals surface area contributed by atoms with Gasteiger partial charge in [0.05, 0.1) is 12.1 Å². The van der Waals surface area contributed by atoms with E-state index in [0.29, 0.717) is 12.5 Å². The number of carbonyl (C=O) groups is 1. The molecule has 0 bridgehead atoms. The maximum absolute atomic E-state index is 11.4. The van der Waals surface area contributed by atoms with E-state index in [1.165, 1.54) is 0 Å². The van der Waals surface area contributed by atoms with Crippen LogP contribution in [0, 0.1) is 0 Å². The first-order valence-corrected chi connectivity index (χ1v) is 9.39. The summed E-state index contributed by atoms with van der Waals surface area (Å²) in [5.74, 6) is 0.660. The third kappa shape index (κ3) is 4.06. The first kappa shape index (κ1) is 18.0. The van der Waals surface area contributed by atoms with E-state index in [1.807, 2.05) is 24.3 Å². The van der Waals surface area contributed by atoms with E-state index in [0.717, 1.165) is 53.5 Å². The summed E-state index contributed by atoms with van der Waals surface area (Å²) in [6, 6.07) is 7.86. The zero-order valence-corrected chi connectivity index (χ0v) is 15.6. The molecule has 1 aromatic carbocycles. The van der Waals surface area contributed by atoms with Crippen LogP contribution >= 0.6 is 11.6 Å². The second-order valence-electron chi connectivity index (χ2n) is 7.21. The normalized spacial score (nSPS) is 17.4. The Balaban J connectivity index is 2.06. The highest BCUT2D eigenvalue weighted by atomic mass is 35.5. The molecule has 1 aliphatic carbocycles. The fraction of sp³-hybridized carbons (Fsp3) is 0.500. The van der Waals surface area contributed by atoms with Crippen LogP contribution in [0.3, 0.4) is 0 Å². The predicted octanol–water partition coefficient (Wildman–Crippen LogP) is 4.99. The second kappa shape index (κ2) is 7.61. The number of fused-ring (bicyclic) bond motifs is 1. The van der Waals surface area contributed by atoms with Crippen molar-refractivity contribution >= 4 is 17.6 Å². The molecule has 0 spiro atoms. The Labute approximate surface area is 153 Å². The van der Waals surface area contributed by atoms with Gasteiger partial charge in [0.1, 0.15) is 5.82 Å². The maximum atomic E-state index is 11.4. The Morgan fingerprint density at radius 3 is 2.68 bits per heavy atom. The van der Waals surface area contributed by atoms with Crippen LogP contribution in [0.4, 0.5) is 0 Å². The Hall–Kier alpha value is -1.81. The number of rotatable bonds is 5. The van der Waals surface area contributed by atoms with Crippen LogP contribution in [0.5, 0.6) is 0 Å². The molecule has 0 fully saturated rings. The van der Waals surface area contributed by atoms with Gasteiger partial charge in [-0.05, 0) is 37.0 Å². The number of carboxylic acids is 1. The molecule has 134 valence electrons. The van der Waals surface area contributed by atoms with E-state index in [1.54, 1.807) is 0 Å². The van der Waals surface area contributed by atoms with Gasteiger partial charge in [0.25, 0.3) is 0 Å². The lowest BCUT2D eigenvalue weighted by Crippen LogP contribution is -2.15. The first-order chi connectivity index (χ1) is 12.0. The van der Waals surface area contributed by atoms with Gasteiger partial charge >= 0.3 is 5.97 Å². The lowest BCUT2D eigenvalue weighted by molar-refractivity contribution is -0.137. The summed E-state index contributed by atoms with van der Waals surface area (Å²) < 4.78 is 2.27. The van der Waals surface area contributed by atoms with Gasteiger partial charge in [-0.1, -0.05) is 44.0 Å². The zero-order valence-electron chi connectivity index (χ0n) is 14.8. The Kier molecular flexibility index (Phi) is 5.48. The maximum Gasteiger partial charge on any atom is 0.304 e. The molecular formula is C20H25ClN2O2. The molecule has 2 aromatic rings. The van der Waals surface area contributed by atoms with Crippen molar-refractivity contribution in [2.45, 2.75) is 64.3 Å². The summed E-state index contributed by atoms with van der Waals surface area (Å²) in [4.78, 5) is 16.3. The van der Waals surface area contributed by atoms with Crippen LogP contribution in [-0.2, 0) is 17.8 Å². The van der Waals surface area contributed by atoms with E-state index >= 15 is 0 Å². The van der Waals surface area contributed by atoms with Crippen molar-refractivity contribution in [3.8, 4) is 0 Å². The van der Waals surface area contributed by atoms with E-state index in [-0.39, 0.29) is 12.3 Å². The first-order valence-electron chi connectivity index (χ1n) is 9.01. The number of nitrogens with zero attached hydrogens (tertiary/aromatic N) is 2. The van der Waals surface area contributed by atoms with Crippen LogP contribution in [0.1, 0.15) is 74.1 Å². The SMILES string of the molecule is CC(C)c1nc2c(n1Cc1ccc(Cl)cc1)C(CC(=O)O)CCCC2. The highest BCUT2D eigenvalue weighted by Crippen LogP contribution is 2.35. The molecule has 3 rings (SSSR count). The van der Waals surface area contributed by atoms with Crippen LogP contribution in [-0.4, -0.2) is 20.6 Å². The summed E-state index contributed by atoms with van der Waals surface area (Å²) in [5, 5.41) is 10.1. The molecule has 5 heteroatoms. The van der Waals surface area contributed by atoms with Crippen LogP contribution < -0.4 is 0 Å². The minimum atomic E-state index is -0.733. The van der Waals surface area contributed by atoms with E-state index in [4.69, 9.17) is 16.6 Å². The van der Waals surface area contributed by atoms with Crippen molar-refractivity contribution in [2.75, 3.05) is 0 Å². The van der Waals surface area contributed by atoms with Crippen LogP contribution in [0.2, 0.25) is 5.02 Å². The molecule has 0 saturated heterocycles. The smallest absolute Gasteiger partial charge is 0.304 e. The Morgan fingerprint density at radius 2 is 2.04 bits per heavy atom. The molecule has 0 aliphatic heterocycles. The summed E-state index contributed by atoms with van der Waals surface area (Å²) in [7, 11) is 0. The van der Waals surface area contributed by atoms with Gasteiger partial charge in [-0.2, -0.15) is 0 Å². The number of carboxylic acid groups (broad SMARTS) is 1. The lowest BCUT2D eigenvalue weighted by Gasteiger charge is -2.20. The molecule has 1 unspecified atom stereocenters.